The normalized spacial score (nSPS) is 39.0. The predicted octanol–water partition coefficient (Wildman–Crippen LogP) is 8.50. The standard InChI is InChI=1S/C13H23F.C9H15F3.3H2/c1-10-2-4-11(5-3-10)12-6-8-13(14)9-7-12;1-7-2-4-8(5-3-7)9(11,12)6-10;;;/h10-13H,2-9H2,1H3;7-8H,2-6H2,1H3;3*1H. The molecule has 0 unspecified atom stereocenters. The van der Waals surface area contributed by atoms with Crippen molar-refractivity contribution >= 4 is 0 Å². The highest BCUT2D eigenvalue weighted by atomic mass is 19.3. The van der Waals surface area contributed by atoms with E-state index in [1.807, 2.05) is 0 Å². The molecule has 3 aliphatic rings. The monoisotopic (exact) mass is 384 g/mol. The molecule has 0 atom stereocenters. The van der Waals surface area contributed by atoms with Crippen molar-refractivity contribution in [2.24, 2.45) is 29.6 Å². The van der Waals surface area contributed by atoms with Crippen molar-refractivity contribution in [3.05, 3.63) is 0 Å². The van der Waals surface area contributed by atoms with Crippen LogP contribution in [0.4, 0.5) is 17.6 Å². The maximum Gasteiger partial charge on any atom is 0.278 e. The summed E-state index contributed by atoms with van der Waals surface area (Å²) in [6.07, 6.45) is 11.8. The van der Waals surface area contributed by atoms with Gasteiger partial charge in [-0.15, -0.1) is 0 Å². The van der Waals surface area contributed by atoms with E-state index in [-0.39, 0.29) is 4.28 Å². The summed E-state index contributed by atoms with van der Waals surface area (Å²) in [5, 5.41) is 0. The molecule has 0 aromatic heterocycles. The van der Waals surface area contributed by atoms with E-state index in [1.165, 1.54) is 38.5 Å². The minimum atomic E-state index is -3.07. The topological polar surface area (TPSA) is 0 Å². The lowest BCUT2D eigenvalue weighted by molar-refractivity contribution is -0.0901. The summed E-state index contributed by atoms with van der Waals surface area (Å²) >= 11 is 0. The van der Waals surface area contributed by atoms with Gasteiger partial charge in [0.1, 0.15) is 6.17 Å². The first-order valence-corrected chi connectivity index (χ1v) is 10.9. The van der Waals surface area contributed by atoms with Gasteiger partial charge in [0, 0.05) is 10.2 Å². The van der Waals surface area contributed by atoms with E-state index in [0.29, 0.717) is 18.8 Å². The number of rotatable bonds is 3. The number of hydrogen-bond donors (Lipinski definition) is 0. The minimum absolute atomic E-state index is 0. The van der Waals surface area contributed by atoms with Gasteiger partial charge in [0.25, 0.3) is 5.92 Å². The van der Waals surface area contributed by atoms with Crippen LogP contribution in [0.15, 0.2) is 0 Å². The third-order valence-electron chi connectivity index (χ3n) is 7.22. The lowest BCUT2D eigenvalue weighted by Gasteiger charge is -2.35. The Morgan fingerprint density at radius 2 is 1.08 bits per heavy atom. The van der Waals surface area contributed by atoms with Crippen LogP contribution in [-0.2, 0) is 0 Å². The lowest BCUT2D eigenvalue weighted by atomic mass is 9.71. The molecule has 0 N–H and O–H groups in total. The molecule has 0 heterocycles. The number of hydrogen-bond acceptors (Lipinski definition) is 0. The number of halogens is 4. The smallest absolute Gasteiger partial charge is 0.247 e. The fourth-order valence-corrected chi connectivity index (χ4v) is 5.10. The SMILES string of the molecule is CC1CCC(C(F)(F)CF)CC1.CC1CCC(C2CCC(F)CC2)CC1.[HH].[HH].[HH]. The Morgan fingerprint density at radius 1 is 0.692 bits per heavy atom. The summed E-state index contributed by atoms with van der Waals surface area (Å²) < 4.78 is 50.5. The third-order valence-corrected chi connectivity index (χ3v) is 7.22. The van der Waals surface area contributed by atoms with Crippen LogP contribution >= 0.6 is 0 Å². The van der Waals surface area contributed by atoms with Crippen molar-refractivity contribution in [3.63, 3.8) is 0 Å². The van der Waals surface area contributed by atoms with Crippen LogP contribution in [0, 0.1) is 29.6 Å². The highest BCUT2D eigenvalue weighted by Crippen LogP contribution is 2.40. The molecule has 4 heteroatoms. The van der Waals surface area contributed by atoms with Crippen LogP contribution < -0.4 is 0 Å². The van der Waals surface area contributed by atoms with E-state index in [9.17, 15) is 17.6 Å². The van der Waals surface area contributed by atoms with Gasteiger partial charge < -0.3 is 0 Å². The molecule has 3 rings (SSSR count). The molecule has 160 valence electrons. The Morgan fingerprint density at radius 3 is 1.50 bits per heavy atom. The predicted molar refractivity (Wildman–Crippen MR) is 106 cm³/mol. The lowest BCUT2D eigenvalue weighted by Crippen LogP contribution is -2.33. The van der Waals surface area contributed by atoms with Gasteiger partial charge >= 0.3 is 0 Å². The molecule has 26 heavy (non-hydrogen) atoms. The van der Waals surface area contributed by atoms with Crippen molar-refractivity contribution in [2.75, 3.05) is 6.67 Å². The molecule has 3 fully saturated rings. The minimum Gasteiger partial charge on any atom is -0.247 e. The van der Waals surface area contributed by atoms with Crippen LogP contribution in [0.3, 0.4) is 0 Å². The van der Waals surface area contributed by atoms with Crippen molar-refractivity contribution < 1.29 is 21.8 Å². The zero-order chi connectivity index (χ0) is 19.2. The maximum absolute atomic E-state index is 13.0. The molecular weight excluding hydrogens is 340 g/mol. The Balaban J connectivity index is 0. The molecule has 0 spiro atoms. The van der Waals surface area contributed by atoms with E-state index in [4.69, 9.17) is 0 Å². The third kappa shape index (κ3) is 6.71. The highest BCUT2D eigenvalue weighted by molar-refractivity contribution is 4.82. The molecule has 0 nitrogen and oxygen atoms in total. The maximum atomic E-state index is 13.0. The largest absolute Gasteiger partial charge is 0.278 e. The fourth-order valence-electron chi connectivity index (χ4n) is 5.10. The molecule has 0 radical (unpaired) electrons. The highest BCUT2D eigenvalue weighted by Gasteiger charge is 2.40. The van der Waals surface area contributed by atoms with Crippen LogP contribution in [0.25, 0.3) is 0 Å². The molecule has 3 saturated carbocycles. The van der Waals surface area contributed by atoms with E-state index < -0.39 is 24.7 Å². The van der Waals surface area contributed by atoms with Gasteiger partial charge in [-0.3, -0.25) is 0 Å². The first-order chi connectivity index (χ1) is 12.3. The summed E-state index contributed by atoms with van der Waals surface area (Å²) in [5.41, 5.74) is 0. The molecule has 0 aromatic carbocycles. The van der Waals surface area contributed by atoms with Gasteiger partial charge in [0.2, 0.25) is 0 Å². The van der Waals surface area contributed by atoms with Gasteiger partial charge in [-0.2, -0.15) is 0 Å². The van der Waals surface area contributed by atoms with E-state index >= 15 is 0 Å². The summed E-state index contributed by atoms with van der Waals surface area (Å²) in [6, 6.07) is 0. The average Bonchev–Trinajstić information content (AvgIpc) is 2.64. The molecule has 0 aromatic rings. The second-order valence-corrected chi connectivity index (χ2v) is 9.38. The molecule has 0 aliphatic heterocycles. The second kappa shape index (κ2) is 10.3. The summed E-state index contributed by atoms with van der Waals surface area (Å²) in [6.45, 7) is 2.94. The average molecular weight is 385 g/mol. The second-order valence-electron chi connectivity index (χ2n) is 9.38. The quantitative estimate of drug-likeness (QED) is 0.428. The van der Waals surface area contributed by atoms with Crippen molar-refractivity contribution in [1.29, 1.82) is 0 Å². The van der Waals surface area contributed by atoms with Crippen LogP contribution in [0.2, 0.25) is 0 Å². The number of alkyl halides is 4. The van der Waals surface area contributed by atoms with Gasteiger partial charge in [0.15, 0.2) is 6.67 Å². The van der Waals surface area contributed by atoms with E-state index in [1.54, 1.807) is 0 Å². The van der Waals surface area contributed by atoms with Gasteiger partial charge in [-0.25, -0.2) is 17.6 Å². The zero-order valence-corrected chi connectivity index (χ0v) is 16.7. The molecule has 3 aliphatic carbocycles. The zero-order valence-electron chi connectivity index (χ0n) is 16.7. The van der Waals surface area contributed by atoms with Gasteiger partial charge in [0.05, 0.1) is 0 Å². The molecule has 0 saturated heterocycles. The summed E-state index contributed by atoms with van der Waals surface area (Å²) in [5.74, 6) is -0.479. The van der Waals surface area contributed by atoms with Crippen LogP contribution in [0.5, 0.6) is 0 Å². The fraction of sp³-hybridized carbons (Fsp3) is 1.00. The van der Waals surface area contributed by atoms with Crippen molar-refractivity contribution in [2.45, 2.75) is 103 Å². The Labute approximate surface area is 162 Å². The molecule has 0 amide bonds. The van der Waals surface area contributed by atoms with E-state index in [2.05, 4.69) is 13.8 Å². The molecular formula is C22H44F4. The Hall–Kier alpha value is -0.280. The van der Waals surface area contributed by atoms with Gasteiger partial charge in [-0.1, -0.05) is 39.5 Å². The van der Waals surface area contributed by atoms with Crippen LogP contribution in [0.1, 0.15) is 95.2 Å². The summed E-state index contributed by atoms with van der Waals surface area (Å²) in [7, 11) is 0. The Kier molecular flexibility index (Phi) is 8.73. The van der Waals surface area contributed by atoms with Gasteiger partial charge in [-0.05, 0) is 75.0 Å². The first kappa shape index (κ1) is 22.0. The van der Waals surface area contributed by atoms with Crippen molar-refractivity contribution in [3.8, 4) is 0 Å². The molecule has 0 bridgehead atoms. The van der Waals surface area contributed by atoms with Crippen LogP contribution in [-0.4, -0.2) is 18.8 Å². The Bertz CT molecular complexity index is 368. The van der Waals surface area contributed by atoms with Crippen molar-refractivity contribution in [1.82, 2.24) is 0 Å². The van der Waals surface area contributed by atoms with E-state index in [0.717, 1.165) is 43.4 Å². The summed E-state index contributed by atoms with van der Waals surface area (Å²) in [4.78, 5) is 0. The first-order valence-electron chi connectivity index (χ1n) is 10.9.